The molecule has 1 fully saturated rings. The lowest BCUT2D eigenvalue weighted by atomic mass is 9.92. The van der Waals surface area contributed by atoms with E-state index >= 15 is 0 Å². The lowest BCUT2D eigenvalue weighted by Crippen LogP contribution is -2.43. The van der Waals surface area contributed by atoms with Crippen molar-refractivity contribution >= 4 is 22.4 Å². The van der Waals surface area contributed by atoms with Crippen LogP contribution in [0.25, 0.3) is 22.0 Å². The van der Waals surface area contributed by atoms with E-state index in [1.54, 1.807) is 35.9 Å². The summed E-state index contributed by atoms with van der Waals surface area (Å²) in [4.78, 5) is 18.6. The van der Waals surface area contributed by atoms with Crippen molar-refractivity contribution in [3.8, 4) is 17.3 Å². The molecule has 0 atom stereocenters. The van der Waals surface area contributed by atoms with Gasteiger partial charge in [0.05, 0.1) is 17.0 Å². The first-order valence-corrected chi connectivity index (χ1v) is 12.2. The fourth-order valence-electron chi connectivity index (χ4n) is 4.97. The largest absolute Gasteiger partial charge is 0.385 e. The molecule has 3 aromatic rings. The molecule has 0 aliphatic carbocycles. The SMILES string of the molecule is CC(=O)N1CCC(NC2CCOCC2)=C(C(=N)c2cccc3cc(-c4cn(C)nc4C#N)ncc23)C1. The molecule has 0 saturated carbocycles. The minimum Gasteiger partial charge on any atom is -0.385 e. The lowest BCUT2D eigenvalue weighted by molar-refractivity contribution is -0.128. The molecule has 2 aliphatic heterocycles. The molecule has 0 unspecified atom stereocenters. The molecule has 1 amide bonds. The normalized spacial score (nSPS) is 16.8. The van der Waals surface area contributed by atoms with Gasteiger partial charge in [-0.15, -0.1) is 0 Å². The number of ether oxygens (including phenoxy) is 1. The molecule has 1 saturated heterocycles. The average molecular weight is 484 g/mol. The second-order valence-corrected chi connectivity index (χ2v) is 9.33. The topological polar surface area (TPSA) is 120 Å². The number of nitrogens with one attached hydrogen (secondary N) is 2. The molecule has 0 radical (unpaired) electrons. The number of carbonyl (C=O) groups is 1. The summed E-state index contributed by atoms with van der Waals surface area (Å²) in [5.41, 5.74) is 4.72. The van der Waals surface area contributed by atoms with Crippen LogP contribution in [0.1, 0.15) is 37.4 Å². The molecular formula is C27H29N7O2. The Hall–Kier alpha value is -4.03. The Balaban J connectivity index is 1.53. The van der Waals surface area contributed by atoms with E-state index in [1.165, 1.54) is 0 Å². The highest BCUT2D eigenvalue weighted by Crippen LogP contribution is 2.29. The van der Waals surface area contributed by atoms with Crippen molar-refractivity contribution < 1.29 is 9.53 Å². The first-order valence-electron chi connectivity index (χ1n) is 12.2. The number of aryl methyl sites for hydroxylation is 1. The molecular weight excluding hydrogens is 454 g/mol. The molecule has 0 bridgehead atoms. The second kappa shape index (κ2) is 9.91. The summed E-state index contributed by atoms with van der Waals surface area (Å²) in [6, 6.07) is 10.2. The number of hydrogen-bond donors (Lipinski definition) is 2. The minimum absolute atomic E-state index is 0.0133. The maximum Gasteiger partial charge on any atom is 0.219 e. The van der Waals surface area contributed by atoms with Gasteiger partial charge in [-0.25, -0.2) is 0 Å². The Morgan fingerprint density at radius 1 is 1.31 bits per heavy atom. The Kier molecular flexibility index (Phi) is 6.53. The Bertz CT molecular complexity index is 1410. The summed E-state index contributed by atoms with van der Waals surface area (Å²) in [6.45, 7) is 4.10. The highest BCUT2D eigenvalue weighted by molar-refractivity contribution is 6.18. The van der Waals surface area contributed by atoms with Crippen molar-refractivity contribution in [3.05, 3.63) is 59.2 Å². The number of nitrogens with zero attached hydrogens (tertiary/aromatic N) is 5. The molecule has 2 N–H and O–H groups in total. The molecule has 9 nitrogen and oxygen atoms in total. The van der Waals surface area contributed by atoms with Crippen LogP contribution in [0.5, 0.6) is 0 Å². The monoisotopic (exact) mass is 483 g/mol. The zero-order valence-corrected chi connectivity index (χ0v) is 20.5. The average Bonchev–Trinajstić information content (AvgIpc) is 3.29. The van der Waals surface area contributed by atoms with E-state index < -0.39 is 0 Å². The van der Waals surface area contributed by atoms with E-state index in [-0.39, 0.29) is 5.91 Å². The van der Waals surface area contributed by atoms with E-state index in [0.717, 1.165) is 53.7 Å². The molecule has 5 rings (SSSR count). The quantitative estimate of drug-likeness (QED) is 0.538. The highest BCUT2D eigenvalue weighted by Gasteiger charge is 2.27. The molecule has 2 aliphatic rings. The van der Waals surface area contributed by atoms with Gasteiger partial charge < -0.3 is 15.0 Å². The molecule has 1 aromatic carbocycles. The summed E-state index contributed by atoms with van der Waals surface area (Å²) in [6.07, 6.45) is 6.11. The van der Waals surface area contributed by atoms with Gasteiger partial charge >= 0.3 is 0 Å². The van der Waals surface area contributed by atoms with Crippen LogP contribution in [0.4, 0.5) is 0 Å². The van der Waals surface area contributed by atoms with E-state index in [0.29, 0.717) is 48.2 Å². The van der Waals surface area contributed by atoms with Crippen LogP contribution in [-0.4, -0.2) is 63.6 Å². The van der Waals surface area contributed by atoms with Crippen molar-refractivity contribution in [2.75, 3.05) is 26.3 Å². The van der Waals surface area contributed by atoms with Crippen LogP contribution >= 0.6 is 0 Å². The van der Waals surface area contributed by atoms with Gasteiger partial charge in [-0.05, 0) is 24.3 Å². The fourth-order valence-corrected chi connectivity index (χ4v) is 4.97. The summed E-state index contributed by atoms with van der Waals surface area (Å²) < 4.78 is 7.11. The van der Waals surface area contributed by atoms with Crippen LogP contribution in [0.2, 0.25) is 0 Å². The third-order valence-electron chi connectivity index (χ3n) is 6.94. The molecule has 0 spiro atoms. The lowest BCUT2D eigenvalue weighted by Gasteiger charge is -2.34. The molecule has 36 heavy (non-hydrogen) atoms. The number of hydrogen-bond acceptors (Lipinski definition) is 7. The highest BCUT2D eigenvalue weighted by atomic mass is 16.5. The zero-order valence-electron chi connectivity index (χ0n) is 20.5. The van der Waals surface area contributed by atoms with E-state index in [2.05, 4.69) is 21.5 Å². The predicted octanol–water partition coefficient (Wildman–Crippen LogP) is 3.15. The Morgan fingerprint density at radius 2 is 2.11 bits per heavy atom. The molecule has 9 heteroatoms. The van der Waals surface area contributed by atoms with Gasteiger partial charge in [0.25, 0.3) is 0 Å². The standard InChI is InChI=1S/C27H29N7O2/c1-17(35)34-9-6-24(31-19-7-10-36-11-8-19)23(16-34)27(29)20-5-3-4-18-12-25(30-14-21(18)20)22-15-33(2)32-26(22)13-28/h3-5,12,14-15,19,29,31H,6-11,16H2,1-2H3. The van der Waals surface area contributed by atoms with E-state index in [4.69, 9.17) is 4.74 Å². The number of benzene rings is 1. The molecule has 4 heterocycles. The van der Waals surface area contributed by atoms with Crippen molar-refractivity contribution in [2.45, 2.75) is 32.2 Å². The van der Waals surface area contributed by atoms with Crippen LogP contribution < -0.4 is 5.32 Å². The van der Waals surface area contributed by atoms with Gasteiger partial charge in [0.2, 0.25) is 5.91 Å². The smallest absolute Gasteiger partial charge is 0.219 e. The third kappa shape index (κ3) is 4.60. The summed E-state index contributed by atoms with van der Waals surface area (Å²) in [5.74, 6) is 0.0133. The van der Waals surface area contributed by atoms with Gasteiger partial charge in [-0.3, -0.25) is 19.9 Å². The van der Waals surface area contributed by atoms with Gasteiger partial charge in [-0.1, -0.05) is 18.2 Å². The fraction of sp³-hybridized carbons (Fsp3) is 0.370. The number of amides is 1. The maximum absolute atomic E-state index is 12.2. The summed E-state index contributed by atoms with van der Waals surface area (Å²) >= 11 is 0. The van der Waals surface area contributed by atoms with Crippen LogP contribution in [0, 0.1) is 16.7 Å². The van der Waals surface area contributed by atoms with Gasteiger partial charge in [0.15, 0.2) is 5.69 Å². The number of nitriles is 1. The first-order chi connectivity index (χ1) is 17.4. The number of pyridine rings is 1. The Morgan fingerprint density at radius 3 is 2.86 bits per heavy atom. The summed E-state index contributed by atoms with van der Waals surface area (Å²) in [7, 11) is 1.78. The molecule has 184 valence electrons. The van der Waals surface area contributed by atoms with Crippen molar-refractivity contribution in [3.63, 3.8) is 0 Å². The van der Waals surface area contributed by atoms with Crippen LogP contribution in [-0.2, 0) is 16.6 Å². The van der Waals surface area contributed by atoms with Gasteiger partial charge in [-0.2, -0.15) is 10.4 Å². The number of carbonyl (C=O) groups excluding carboxylic acids is 1. The minimum atomic E-state index is 0.0133. The number of aromatic nitrogens is 3. The maximum atomic E-state index is 12.2. The van der Waals surface area contributed by atoms with Crippen molar-refractivity contribution in [2.24, 2.45) is 7.05 Å². The first kappa shape index (κ1) is 23.7. The number of fused-ring (bicyclic) bond motifs is 1. The van der Waals surface area contributed by atoms with E-state index in [9.17, 15) is 15.5 Å². The third-order valence-corrected chi connectivity index (χ3v) is 6.94. The van der Waals surface area contributed by atoms with Gasteiger partial charge in [0.1, 0.15) is 6.07 Å². The van der Waals surface area contributed by atoms with Gasteiger partial charge in [0, 0.05) is 87.4 Å². The van der Waals surface area contributed by atoms with Crippen molar-refractivity contribution in [1.82, 2.24) is 25.0 Å². The summed E-state index contributed by atoms with van der Waals surface area (Å²) in [5, 5.41) is 28.3. The molecule has 2 aromatic heterocycles. The number of rotatable bonds is 5. The Labute approximate surface area is 209 Å². The van der Waals surface area contributed by atoms with Crippen LogP contribution in [0.3, 0.4) is 0 Å². The second-order valence-electron chi connectivity index (χ2n) is 9.33. The predicted molar refractivity (Wildman–Crippen MR) is 136 cm³/mol. The van der Waals surface area contributed by atoms with Crippen molar-refractivity contribution in [1.29, 1.82) is 10.7 Å². The zero-order chi connectivity index (χ0) is 25.2. The van der Waals surface area contributed by atoms with E-state index in [1.807, 2.05) is 24.3 Å². The van der Waals surface area contributed by atoms with Crippen LogP contribution in [0.15, 0.2) is 47.9 Å².